The Balaban J connectivity index is 2.02. The number of carbonyl (C=O) groups excluding carboxylic acids is 3. The van der Waals surface area contributed by atoms with Crippen molar-refractivity contribution in [2.75, 3.05) is 6.54 Å². The number of nitrogens with one attached hydrogen (secondary N) is 1. The molecule has 1 aliphatic heterocycles. The van der Waals surface area contributed by atoms with Crippen LogP contribution in [0.1, 0.15) is 17.5 Å². The van der Waals surface area contributed by atoms with E-state index in [0.717, 1.165) is 11.1 Å². The van der Waals surface area contributed by atoms with Crippen molar-refractivity contribution in [2.24, 2.45) is 0 Å². The third-order valence-corrected chi connectivity index (χ3v) is 3.71. The number of imide groups is 1. The average molecular weight is 259 g/mol. The fourth-order valence-electron chi connectivity index (χ4n) is 2.86. The minimum absolute atomic E-state index is 0.459. The fourth-order valence-corrected chi connectivity index (χ4v) is 2.86. The van der Waals surface area contributed by atoms with Gasteiger partial charge in [0.25, 0.3) is 5.91 Å². The molecule has 2 aliphatic rings. The summed E-state index contributed by atoms with van der Waals surface area (Å²) in [4.78, 5) is 35.5. The van der Waals surface area contributed by atoms with E-state index >= 15 is 0 Å². The third-order valence-electron chi connectivity index (χ3n) is 3.71. The molecule has 3 rings (SSSR count). The standard InChI is InChI=1S/C13H12N2O4/c16-10(17)7-15-11(18)13(14-12(15)19)6-5-8-3-1-2-4-9(8)13/h1-4H,5-7H2,(H,14,19)(H,16,17)/p-1/t13-/m0/s1. The fraction of sp³-hybridized carbons (Fsp3) is 0.308. The smallest absolute Gasteiger partial charge is 0.325 e. The molecule has 0 aromatic heterocycles. The lowest BCUT2D eigenvalue weighted by molar-refractivity contribution is -0.305. The molecule has 1 fully saturated rings. The van der Waals surface area contributed by atoms with Crippen LogP contribution in [0.3, 0.4) is 0 Å². The minimum Gasteiger partial charge on any atom is -0.548 e. The molecule has 1 aromatic carbocycles. The number of carboxylic acid groups (broad SMARTS) is 1. The summed E-state index contributed by atoms with van der Waals surface area (Å²) in [5.74, 6) is -1.96. The first-order valence-electron chi connectivity index (χ1n) is 5.97. The monoisotopic (exact) mass is 259 g/mol. The molecular formula is C13H11N2O4-. The summed E-state index contributed by atoms with van der Waals surface area (Å²) in [7, 11) is 0. The van der Waals surface area contributed by atoms with Gasteiger partial charge in [-0.1, -0.05) is 24.3 Å². The molecule has 19 heavy (non-hydrogen) atoms. The minimum atomic E-state index is -1.45. The molecule has 1 atom stereocenters. The van der Waals surface area contributed by atoms with Gasteiger partial charge in [-0.15, -0.1) is 0 Å². The van der Waals surface area contributed by atoms with Crippen molar-refractivity contribution in [3.8, 4) is 0 Å². The van der Waals surface area contributed by atoms with Crippen molar-refractivity contribution >= 4 is 17.9 Å². The van der Waals surface area contributed by atoms with Crippen LogP contribution in [0.15, 0.2) is 24.3 Å². The number of fused-ring (bicyclic) bond motifs is 2. The Bertz CT molecular complexity index is 598. The molecule has 0 unspecified atom stereocenters. The Morgan fingerprint density at radius 1 is 1.37 bits per heavy atom. The lowest BCUT2D eigenvalue weighted by Crippen LogP contribution is -2.44. The molecule has 1 aromatic rings. The molecule has 0 saturated carbocycles. The number of aryl methyl sites for hydroxylation is 1. The number of amides is 3. The molecule has 1 saturated heterocycles. The van der Waals surface area contributed by atoms with Crippen LogP contribution in [0.5, 0.6) is 0 Å². The van der Waals surface area contributed by atoms with Gasteiger partial charge in [0, 0.05) is 0 Å². The van der Waals surface area contributed by atoms with E-state index in [9.17, 15) is 19.5 Å². The molecule has 3 amide bonds. The Morgan fingerprint density at radius 2 is 2.11 bits per heavy atom. The van der Waals surface area contributed by atoms with E-state index in [0.29, 0.717) is 17.7 Å². The van der Waals surface area contributed by atoms with Crippen LogP contribution >= 0.6 is 0 Å². The Kier molecular flexibility index (Phi) is 2.35. The van der Waals surface area contributed by atoms with Crippen molar-refractivity contribution in [3.63, 3.8) is 0 Å². The van der Waals surface area contributed by atoms with Crippen LogP contribution in [0, 0.1) is 0 Å². The van der Waals surface area contributed by atoms with Gasteiger partial charge >= 0.3 is 6.03 Å². The second-order valence-electron chi connectivity index (χ2n) is 4.76. The van der Waals surface area contributed by atoms with Crippen molar-refractivity contribution in [3.05, 3.63) is 35.4 Å². The normalized spacial score (nSPS) is 24.7. The van der Waals surface area contributed by atoms with E-state index in [1.165, 1.54) is 0 Å². The van der Waals surface area contributed by atoms with Crippen molar-refractivity contribution in [1.29, 1.82) is 0 Å². The van der Waals surface area contributed by atoms with Crippen LogP contribution in [0.2, 0.25) is 0 Å². The number of urea groups is 1. The first-order chi connectivity index (χ1) is 9.04. The van der Waals surface area contributed by atoms with E-state index in [1.54, 1.807) is 12.1 Å². The molecule has 0 bridgehead atoms. The van der Waals surface area contributed by atoms with Gasteiger partial charge in [0.15, 0.2) is 0 Å². The molecule has 0 radical (unpaired) electrons. The van der Waals surface area contributed by atoms with Gasteiger partial charge in [-0.25, -0.2) is 4.79 Å². The van der Waals surface area contributed by atoms with Crippen LogP contribution in [0.25, 0.3) is 0 Å². The highest BCUT2D eigenvalue weighted by Crippen LogP contribution is 2.40. The van der Waals surface area contributed by atoms with Crippen LogP contribution in [-0.2, 0) is 21.5 Å². The van der Waals surface area contributed by atoms with Gasteiger partial charge in [0.2, 0.25) is 0 Å². The molecule has 98 valence electrons. The maximum absolute atomic E-state index is 12.4. The van der Waals surface area contributed by atoms with Crippen LogP contribution in [0.4, 0.5) is 4.79 Å². The van der Waals surface area contributed by atoms with Crippen LogP contribution in [-0.4, -0.2) is 29.4 Å². The second kappa shape index (κ2) is 3.81. The second-order valence-corrected chi connectivity index (χ2v) is 4.76. The zero-order valence-electron chi connectivity index (χ0n) is 10.0. The number of hydrogen-bond acceptors (Lipinski definition) is 4. The van der Waals surface area contributed by atoms with Gasteiger partial charge in [0.05, 0.1) is 12.5 Å². The maximum atomic E-state index is 12.4. The summed E-state index contributed by atoms with van der Waals surface area (Å²) in [6.07, 6.45) is 1.14. The van der Waals surface area contributed by atoms with Crippen molar-refractivity contribution < 1.29 is 19.5 Å². The number of carbonyl (C=O) groups is 3. The molecule has 1 spiro atoms. The highest BCUT2D eigenvalue weighted by atomic mass is 16.4. The van der Waals surface area contributed by atoms with Gasteiger partial charge < -0.3 is 15.2 Å². The molecule has 1 heterocycles. The highest BCUT2D eigenvalue weighted by Gasteiger charge is 2.55. The number of aliphatic carboxylic acids is 1. The highest BCUT2D eigenvalue weighted by molar-refractivity contribution is 6.09. The van der Waals surface area contributed by atoms with E-state index in [-0.39, 0.29) is 0 Å². The summed E-state index contributed by atoms with van der Waals surface area (Å²) in [5, 5.41) is 13.2. The Labute approximate surface area is 109 Å². The average Bonchev–Trinajstić information content (AvgIpc) is 2.85. The number of nitrogens with zero attached hydrogens (tertiary/aromatic N) is 1. The summed E-state index contributed by atoms with van der Waals surface area (Å²) < 4.78 is 0. The van der Waals surface area contributed by atoms with E-state index in [4.69, 9.17) is 0 Å². The molecule has 1 aliphatic carbocycles. The van der Waals surface area contributed by atoms with E-state index < -0.39 is 30.0 Å². The predicted octanol–water partition coefficient (Wildman–Crippen LogP) is -0.870. The Morgan fingerprint density at radius 3 is 2.84 bits per heavy atom. The summed E-state index contributed by atoms with van der Waals surface area (Å²) in [5.41, 5.74) is 0.670. The molecule has 1 N–H and O–H groups in total. The van der Waals surface area contributed by atoms with Gasteiger partial charge in [-0.3, -0.25) is 9.69 Å². The van der Waals surface area contributed by atoms with E-state index in [2.05, 4.69) is 5.32 Å². The lowest BCUT2D eigenvalue weighted by Gasteiger charge is -2.22. The number of carboxylic acids is 1. The molecule has 6 nitrogen and oxygen atoms in total. The van der Waals surface area contributed by atoms with Crippen molar-refractivity contribution in [1.82, 2.24) is 10.2 Å². The topological polar surface area (TPSA) is 89.5 Å². The third kappa shape index (κ3) is 1.53. The van der Waals surface area contributed by atoms with E-state index in [1.807, 2.05) is 12.1 Å². The van der Waals surface area contributed by atoms with Crippen LogP contribution < -0.4 is 10.4 Å². The first-order valence-corrected chi connectivity index (χ1v) is 5.97. The maximum Gasteiger partial charge on any atom is 0.325 e. The summed E-state index contributed by atoms with van der Waals surface area (Å²) in [6, 6.07) is 6.70. The van der Waals surface area contributed by atoms with Gasteiger partial charge in [-0.05, 0) is 24.0 Å². The van der Waals surface area contributed by atoms with Gasteiger partial charge in [0.1, 0.15) is 5.54 Å². The predicted molar refractivity (Wildman–Crippen MR) is 61.7 cm³/mol. The number of benzene rings is 1. The van der Waals surface area contributed by atoms with Crippen molar-refractivity contribution in [2.45, 2.75) is 18.4 Å². The zero-order chi connectivity index (χ0) is 13.6. The van der Waals surface area contributed by atoms with Gasteiger partial charge in [-0.2, -0.15) is 0 Å². The number of hydrogen-bond donors (Lipinski definition) is 1. The molecule has 6 heteroatoms. The first kappa shape index (κ1) is 11.7. The summed E-state index contributed by atoms with van der Waals surface area (Å²) in [6.45, 7) is -0.714. The summed E-state index contributed by atoms with van der Waals surface area (Å²) >= 11 is 0. The Hall–Kier alpha value is -2.37. The largest absolute Gasteiger partial charge is 0.548 e. The number of rotatable bonds is 2. The molecular weight excluding hydrogens is 248 g/mol. The quantitative estimate of drug-likeness (QED) is 0.699. The lowest BCUT2D eigenvalue weighted by atomic mass is 9.92. The zero-order valence-corrected chi connectivity index (χ0v) is 10.0. The SMILES string of the molecule is O=C([O-])CN1C(=O)N[C@]2(CCc3ccccc32)C1=O.